The van der Waals surface area contributed by atoms with E-state index in [4.69, 9.17) is 16.3 Å². The highest BCUT2D eigenvalue weighted by atomic mass is 35.5. The molecular formula is C15H12ClNO2S. The van der Waals surface area contributed by atoms with Gasteiger partial charge in [-0.25, -0.2) is 0 Å². The van der Waals surface area contributed by atoms with Gasteiger partial charge in [-0.05, 0) is 36.6 Å². The van der Waals surface area contributed by atoms with Crippen LogP contribution in [0.2, 0.25) is 5.02 Å². The summed E-state index contributed by atoms with van der Waals surface area (Å²) < 4.78 is 5.48. The number of aromatic amines is 1. The normalized spacial score (nSPS) is 10.9. The summed E-state index contributed by atoms with van der Waals surface area (Å²) in [5.41, 5.74) is 1.52. The van der Waals surface area contributed by atoms with Crippen molar-refractivity contribution in [1.82, 2.24) is 4.98 Å². The van der Waals surface area contributed by atoms with Gasteiger partial charge >= 0.3 is 0 Å². The topological polar surface area (TPSA) is 42.1 Å². The molecule has 20 heavy (non-hydrogen) atoms. The van der Waals surface area contributed by atoms with Gasteiger partial charge in [-0.3, -0.25) is 4.79 Å². The molecule has 2 aromatic heterocycles. The molecule has 0 unspecified atom stereocenters. The van der Waals surface area contributed by atoms with Crippen LogP contribution in [-0.4, -0.2) is 17.4 Å². The number of hydrogen-bond acceptors (Lipinski definition) is 3. The lowest BCUT2D eigenvalue weighted by Crippen LogP contribution is -1.98. The van der Waals surface area contributed by atoms with E-state index in [-0.39, 0.29) is 5.78 Å². The van der Waals surface area contributed by atoms with Gasteiger partial charge in [-0.15, -0.1) is 11.3 Å². The summed E-state index contributed by atoms with van der Waals surface area (Å²) in [6, 6.07) is 7.41. The third-order valence-electron chi connectivity index (χ3n) is 3.03. The Balaban J connectivity index is 2.09. The lowest BCUT2D eigenvalue weighted by Gasteiger charge is -2.03. The summed E-state index contributed by atoms with van der Waals surface area (Å²) in [5.74, 6) is 0.691. The van der Waals surface area contributed by atoms with E-state index in [1.807, 2.05) is 30.5 Å². The second kappa shape index (κ2) is 5.31. The molecule has 0 amide bonds. The summed E-state index contributed by atoms with van der Waals surface area (Å²) >= 11 is 7.39. The van der Waals surface area contributed by atoms with Crippen LogP contribution in [0.4, 0.5) is 0 Å². The molecule has 0 aliphatic heterocycles. The van der Waals surface area contributed by atoms with Gasteiger partial charge in [0.15, 0.2) is 0 Å². The van der Waals surface area contributed by atoms with E-state index in [2.05, 4.69) is 4.98 Å². The number of hydrogen-bond donors (Lipinski definition) is 1. The maximum atomic E-state index is 12.5. The second-order valence-corrected chi connectivity index (χ2v) is 5.59. The van der Waals surface area contributed by atoms with Crippen molar-refractivity contribution in [2.45, 2.75) is 6.92 Å². The fourth-order valence-corrected chi connectivity index (χ4v) is 3.22. The molecule has 0 aliphatic rings. The van der Waals surface area contributed by atoms with E-state index in [9.17, 15) is 4.79 Å². The molecule has 0 radical (unpaired) electrons. The molecular weight excluding hydrogens is 294 g/mol. The first-order chi connectivity index (χ1) is 9.70. The number of ether oxygens (including phenoxy) is 1. The molecule has 0 saturated heterocycles. The zero-order valence-electron chi connectivity index (χ0n) is 10.8. The molecule has 1 N–H and O–H groups in total. The third kappa shape index (κ3) is 2.21. The first kappa shape index (κ1) is 13.2. The smallest absolute Gasteiger partial charge is 0.206 e. The van der Waals surface area contributed by atoms with E-state index in [0.29, 0.717) is 22.1 Å². The molecule has 0 spiro atoms. The summed E-state index contributed by atoms with van der Waals surface area (Å²) in [6.45, 7) is 2.52. The SMILES string of the molecule is CCOc1ccc2[nH]cc(C(=O)c3sccc3Cl)c2c1. The molecule has 1 aromatic carbocycles. The van der Waals surface area contributed by atoms with Crippen molar-refractivity contribution in [2.75, 3.05) is 6.61 Å². The van der Waals surface area contributed by atoms with Gasteiger partial charge in [-0.1, -0.05) is 11.6 Å². The number of benzene rings is 1. The van der Waals surface area contributed by atoms with Crippen molar-refractivity contribution in [3.05, 3.63) is 51.3 Å². The summed E-state index contributed by atoms with van der Waals surface area (Å²) in [6.07, 6.45) is 1.72. The van der Waals surface area contributed by atoms with Crippen molar-refractivity contribution in [2.24, 2.45) is 0 Å². The predicted octanol–water partition coefficient (Wildman–Crippen LogP) is 4.51. The van der Waals surface area contributed by atoms with Crippen LogP contribution in [0.5, 0.6) is 5.75 Å². The quantitative estimate of drug-likeness (QED) is 0.720. The molecule has 0 aliphatic carbocycles. The number of thiophene rings is 1. The maximum Gasteiger partial charge on any atom is 0.206 e. The van der Waals surface area contributed by atoms with E-state index in [1.54, 1.807) is 12.3 Å². The molecule has 5 heteroatoms. The fraction of sp³-hybridized carbons (Fsp3) is 0.133. The number of halogens is 1. The van der Waals surface area contributed by atoms with Gasteiger partial charge in [0, 0.05) is 22.7 Å². The first-order valence-corrected chi connectivity index (χ1v) is 7.48. The van der Waals surface area contributed by atoms with Gasteiger partial charge in [0.1, 0.15) is 5.75 Å². The van der Waals surface area contributed by atoms with Crippen molar-refractivity contribution in [3.63, 3.8) is 0 Å². The summed E-state index contributed by atoms with van der Waals surface area (Å²) in [4.78, 5) is 16.2. The van der Waals surface area contributed by atoms with Crippen LogP contribution in [0, 0.1) is 0 Å². The van der Waals surface area contributed by atoms with E-state index in [0.717, 1.165) is 16.7 Å². The molecule has 3 rings (SSSR count). The van der Waals surface area contributed by atoms with Crippen LogP contribution in [0.1, 0.15) is 22.2 Å². The number of ketones is 1. The highest BCUT2D eigenvalue weighted by Crippen LogP contribution is 2.30. The Hall–Kier alpha value is -1.78. The van der Waals surface area contributed by atoms with Crippen LogP contribution >= 0.6 is 22.9 Å². The molecule has 3 aromatic rings. The number of carbonyl (C=O) groups excluding carboxylic acids is 1. The zero-order chi connectivity index (χ0) is 14.1. The molecule has 2 heterocycles. The fourth-order valence-electron chi connectivity index (χ4n) is 2.12. The Morgan fingerprint density at radius 2 is 2.25 bits per heavy atom. The average molecular weight is 306 g/mol. The Labute approximate surface area is 125 Å². The highest BCUT2D eigenvalue weighted by molar-refractivity contribution is 7.13. The Morgan fingerprint density at radius 1 is 1.40 bits per heavy atom. The molecule has 0 bridgehead atoms. The highest BCUT2D eigenvalue weighted by Gasteiger charge is 2.18. The lowest BCUT2D eigenvalue weighted by molar-refractivity contribution is 0.104. The maximum absolute atomic E-state index is 12.5. The van der Waals surface area contributed by atoms with Gasteiger partial charge < -0.3 is 9.72 Å². The standard InChI is InChI=1S/C15H12ClNO2S/c1-2-19-9-3-4-13-10(7-9)11(8-17-13)14(18)15-12(16)5-6-20-15/h3-8,17H,2H2,1H3. The van der Waals surface area contributed by atoms with E-state index >= 15 is 0 Å². The zero-order valence-corrected chi connectivity index (χ0v) is 12.3. The Bertz CT molecular complexity index is 775. The predicted molar refractivity (Wildman–Crippen MR) is 82.2 cm³/mol. The molecule has 0 fully saturated rings. The third-order valence-corrected chi connectivity index (χ3v) is 4.37. The lowest BCUT2D eigenvalue weighted by atomic mass is 10.1. The van der Waals surface area contributed by atoms with Crippen LogP contribution in [0.25, 0.3) is 10.9 Å². The minimum atomic E-state index is -0.0649. The van der Waals surface area contributed by atoms with Crippen LogP contribution in [-0.2, 0) is 0 Å². The number of rotatable bonds is 4. The summed E-state index contributed by atoms with van der Waals surface area (Å²) in [5, 5.41) is 3.16. The first-order valence-electron chi connectivity index (χ1n) is 6.22. The van der Waals surface area contributed by atoms with Crippen molar-refractivity contribution < 1.29 is 9.53 Å². The van der Waals surface area contributed by atoms with Gasteiger partial charge in [0.05, 0.1) is 16.5 Å². The number of carbonyl (C=O) groups is 1. The van der Waals surface area contributed by atoms with E-state index in [1.165, 1.54) is 11.3 Å². The summed E-state index contributed by atoms with van der Waals surface area (Å²) in [7, 11) is 0. The number of H-pyrrole nitrogens is 1. The van der Waals surface area contributed by atoms with Crippen LogP contribution < -0.4 is 4.74 Å². The molecule has 0 saturated carbocycles. The second-order valence-electron chi connectivity index (χ2n) is 4.27. The monoisotopic (exact) mass is 305 g/mol. The molecule has 3 nitrogen and oxygen atoms in total. The van der Waals surface area contributed by atoms with Crippen molar-refractivity contribution in [1.29, 1.82) is 0 Å². The van der Waals surface area contributed by atoms with Gasteiger partial charge in [-0.2, -0.15) is 0 Å². The van der Waals surface area contributed by atoms with Crippen molar-refractivity contribution >= 4 is 39.6 Å². The number of aromatic nitrogens is 1. The average Bonchev–Trinajstić information content (AvgIpc) is 3.04. The van der Waals surface area contributed by atoms with E-state index < -0.39 is 0 Å². The number of fused-ring (bicyclic) bond motifs is 1. The molecule has 102 valence electrons. The van der Waals surface area contributed by atoms with Crippen molar-refractivity contribution in [3.8, 4) is 5.75 Å². The van der Waals surface area contributed by atoms with Gasteiger partial charge in [0.2, 0.25) is 5.78 Å². The largest absolute Gasteiger partial charge is 0.494 e. The molecule has 0 atom stereocenters. The minimum absolute atomic E-state index is 0.0649. The van der Waals surface area contributed by atoms with Crippen LogP contribution in [0.3, 0.4) is 0 Å². The minimum Gasteiger partial charge on any atom is -0.494 e. The van der Waals surface area contributed by atoms with Crippen LogP contribution in [0.15, 0.2) is 35.8 Å². The number of nitrogens with one attached hydrogen (secondary N) is 1. The Kier molecular flexibility index (Phi) is 3.51. The Morgan fingerprint density at radius 3 is 2.95 bits per heavy atom. The van der Waals surface area contributed by atoms with Gasteiger partial charge in [0.25, 0.3) is 0 Å².